The van der Waals surface area contributed by atoms with E-state index in [9.17, 15) is 0 Å². The zero-order chi connectivity index (χ0) is 38.4. The van der Waals surface area contributed by atoms with E-state index in [4.69, 9.17) is 4.42 Å². The van der Waals surface area contributed by atoms with Gasteiger partial charge in [0.1, 0.15) is 11.2 Å². The van der Waals surface area contributed by atoms with Crippen LogP contribution in [0.4, 0.5) is 17.1 Å². The van der Waals surface area contributed by atoms with E-state index in [1.54, 1.807) is 0 Å². The first-order valence-corrected chi connectivity index (χ1v) is 19.8. The maximum absolute atomic E-state index is 6.28. The van der Waals surface area contributed by atoms with E-state index in [1.807, 2.05) is 12.1 Å². The molecule has 0 fully saturated rings. The minimum atomic E-state index is 0.898. The summed E-state index contributed by atoms with van der Waals surface area (Å²) in [5.41, 5.74) is 14.5. The molecular formula is C56H37NO. The Labute approximate surface area is 337 Å². The molecule has 272 valence electrons. The highest BCUT2D eigenvalue weighted by molar-refractivity contribution is 6.09. The van der Waals surface area contributed by atoms with Gasteiger partial charge in [-0.25, -0.2) is 0 Å². The van der Waals surface area contributed by atoms with E-state index in [0.717, 1.165) is 55.7 Å². The average molecular weight is 740 g/mol. The predicted octanol–water partition coefficient (Wildman–Crippen LogP) is 16.0. The summed E-state index contributed by atoms with van der Waals surface area (Å²) >= 11 is 0. The number of furan rings is 1. The van der Waals surface area contributed by atoms with Crippen LogP contribution < -0.4 is 4.90 Å². The SMILES string of the molecule is c1ccc(-c2ccccc2-c2ccccc2-c2ccccc2N(c2ccc(-c3ccc4c(c3)oc3ccccc34)cc2)c2ccc3c(ccc4ccccc43)c2)cc1. The topological polar surface area (TPSA) is 16.4 Å². The molecule has 0 saturated heterocycles. The minimum Gasteiger partial charge on any atom is -0.456 e. The van der Waals surface area contributed by atoms with E-state index in [0.29, 0.717) is 0 Å². The lowest BCUT2D eigenvalue weighted by atomic mass is 9.88. The van der Waals surface area contributed by atoms with E-state index < -0.39 is 0 Å². The van der Waals surface area contributed by atoms with Gasteiger partial charge in [0.15, 0.2) is 0 Å². The molecule has 11 aromatic rings. The highest BCUT2D eigenvalue weighted by Crippen LogP contribution is 2.46. The van der Waals surface area contributed by atoms with Crippen LogP contribution in [0.15, 0.2) is 229 Å². The van der Waals surface area contributed by atoms with E-state index in [2.05, 4.69) is 217 Å². The molecular weight excluding hydrogens is 703 g/mol. The molecule has 0 aliphatic rings. The van der Waals surface area contributed by atoms with E-state index in [1.165, 1.54) is 49.4 Å². The molecule has 10 aromatic carbocycles. The number of hydrogen-bond acceptors (Lipinski definition) is 2. The fourth-order valence-electron chi connectivity index (χ4n) is 8.71. The summed E-state index contributed by atoms with van der Waals surface area (Å²) in [6, 6.07) is 80.8. The average Bonchev–Trinajstić information content (AvgIpc) is 3.68. The molecule has 0 radical (unpaired) electrons. The Hall–Kier alpha value is -7.68. The minimum absolute atomic E-state index is 0.898. The lowest BCUT2D eigenvalue weighted by Gasteiger charge is -2.29. The Bertz CT molecular complexity index is 3290. The summed E-state index contributed by atoms with van der Waals surface area (Å²) < 4.78 is 6.28. The first kappa shape index (κ1) is 33.6. The number of rotatable bonds is 7. The largest absolute Gasteiger partial charge is 0.456 e. The molecule has 0 amide bonds. The molecule has 58 heavy (non-hydrogen) atoms. The maximum Gasteiger partial charge on any atom is 0.136 e. The first-order valence-electron chi connectivity index (χ1n) is 19.8. The molecule has 0 aliphatic heterocycles. The van der Waals surface area contributed by atoms with Gasteiger partial charge in [-0.15, -0.1) is 0 Å². The van der Waals surface area contributed by atoms with E-state index in [-0.39, 0.29) is 0 Å². The Kier molecular flexibility index (Phi) is 8.19. The highest BCUT2D eigenvalue weighted by atomic mass is 16.3. The Morgan fingerprint density at radius 2 is 0.810 bits per heavy atom. The molecule has 0 saturated carbocycles. The quantitative estimate of drug-likeness (QED) is 0.151. The van der Waals surface area contributed by atoms with Crippen molar-refractivity contribution >= 4 is 60.5 Å². The van der Waals surface area contributed by atoms with Gasteiger partial charge in [-0.1, -0.05) is 176 Å². The molecule has 2 nitrogen and oxygen atoms in total. The molecule has 0 bridgehead atoms. The summed E-state index contributed by atoms with van der Waals surface area (Å²) in [6.07, 6.45) is 0. The molecule has 0 unspecified atom stereocenters. The van der Waals surface area contributed by atoms with Gasteiger partial charge in [0, 0.05) is 27.7 Å². The number of nitrogens with zero attached hydrogens (tertiary/aromatic N) is 1. The fraction of sp³-hybridized carbons (Fsp3) is 0. The van der Waals surface area contributed by atoms with Crippen molar-refractivity contribution in [1.29, 1.82) is 0 Å². The van der Waals surface area contributed by atoms with Crippen LogP contribution in [-0.4, -0.2) is 0 Å². The third-order valence-electron chi connectivity index (χ3n) is 11.5. The Morgan fingerprint density at radius 3 is 1.62 bits per heavy atom. The molecule has 2 heteroatoms. The van der Waals surface area contributed by atoms with Gasteiger partial charge in [0.25, 0.3) is 0 Å². The van der Waals surface area contributed by atoms with Crippen molar-refractivity contribution in [1.82, 2.24) is 0 Å². The van der Waals surface area contributed by atoms with Crippen LogP contribution in [0.2, 0.25) is 0 Å². The summed E-state index contributed by atoms with van der Waals surface area (Å²) in [7, 11) is 0. The standard InChI is InChI=1S/C56H37NO/c1-2-14-39(15-3-1)46-18-6-7-19-48(46)49-20-8-9-21-50(49)51-22-10-12-24-54(51)57(44-33-35-47-42(36-44)27-26-40-16-4-5-17-45(40)47)43-31-28-38(29-32-43)41-30-34-53-52-23-11-13-25-55(52)58-56(53)37-41/h1-37H. The molecule has 0 N–H and O–H groups in total. The number of fused-ring (bicyclic) bond motifs is 6. The highest BCUT2D eigenvalue weighted by Gasteiger charge is 2.21. The van der Waals surface area contributed by atoms with Gasteiger partial charge in [0.2, 0.25) is 0 Å². The van der Waals surface area contributed by atoms with Gasteiger partial charge < -0.3 is 9.32 Å². The van der Waals surface area contributed by atoms with Crippen LogP contribution in [0.3, 0.4) is 0 Å². The van der Waals surface area contributed by atoms with Crippen molar-refractivity contribution < 1.29 is 4.42 Å². The summed E-state index contributed by atoms with van der Waals surface area (Å²) in [5.74, 6) is 0. The maximum atomic E-state index is 6.28. The third kappa shape index (κ3) is 5.82. The molecule has 1 heterocycles. The summed E-state index contributed by atoms with van der Waals surface area (Å²) in [6.45, 7) is 0. The number of hydrogen-bond donors (Lipinski definition) is 0. The van der Waals surface area contributed by atoms with Crippen molar-refractivity contribution in [2.75, 3.05) is 4.90 Å². The van der Waals surface area contributed by atoms with Crippen molar-refractivity contribution in [2.45, 2.75) is 0 Å². The fourth-order valence-corrected chi connectivity index (χ4v) is 8.71. The van der Waals surface area contributed by atoms with Crippen LogP contribution in [-0.2, 0) is 0 Å². The zero-order valence-electron chi connectivity index (χ0n) is 31.7. The van der Waals surface area contributed by atoms with Crippen LogP contribution in [0.25, 0.3) is 88.0 Å². The second-order valence-electron chi connectivity index (χ2n) is 14.9. The molecule has 0 aliphatic carbocycles. The lowest BCUT2D eigenvalue weighted by molar-refractivity contribution is 0.669. The Morgan fingerprint density at radius 1 is 0.276 bits per heavy atom. The van der Waals surface area contributed by atoms with Crippen LogP contribution in [0.5, 0.6) is 0 Å². The van der Waals surface area contributed by atoms with Gasteiger partial charge in [-0.2, -0.15) is 0 Å². The predicted molar refractivity (Wildman–Crippen MR) is 245 cm³/mol. The molecule has 11 rings (SSSR count). The first-order chi connectivity index (χ1) is 28.8. The third-order valence-corrected chi connectivity index (χ3v) is 11.5. The van der Waals surface area contributed by atoms with E-state index >= 15 is 0 Å². The zero-order valence-corrected chi connectivity index (χ0v) is 31.7. The van der Waals surface area contributed by atoms with Gasteiger partial charge >= 0.3 is 0 Å². The van der Waals surface area contributed by atoms with Crippen molar-refractivity contribution in [2.24, 2.45) is 0 Å². The van der Waals surface area contributed by atoms with Crippen molar-refractivity contribution in [3.63, 3.8) is 0 Å². The van der Waals surface area contributed by atoms with Gasteiger partial charge in [0.05, 0.1) is 5.69 Å². The molecule has 0 spiro atoms. The second-order valence-corrected chi connectivity index (χ2v) is 14.9. The normalized spacial score (nSPS) is 11.4. The number of anilines is 3. The van der Waals surface area contributed by atoms with Crippen molar-refractivity contribution in [3.8, 4) is 44.5 Å². The Balaban J connectivity index is 1.08. The lowest BCUT2D eigenvalue weighted by Crippen LogP contribution is -2.11. The molecule has 0 atom stereocenters. The second kappa shape index (κ2) is 14.1. The smallest absolute Gasteiger partial charge is 0.136 e. The molecule has 1 aromatic heterocycles. The van der Waals surface area contributed by atoms with Crippen molar-refractivity contribution in [3.05, 3.63) is 224 Å². The van der Waals surface area contributed by atoms with Gasteiger partial charge in [-0.3, -0.25) is 0 Å². The van der Waals surface area contributed by atoms with Crippen LogP contribution >= 0.6 is 0 Å². The summed E-state index contributed by atoms with van der Waals surface area (Å²) in [4.78, 5) is 2.41. The monoisotopic (exact) mass is 739 g/mol. The number of para-hydroxylation sites is 2. The number of benzene rings is 10. The van der Waals surface area contributed by atoms with Crippen LogP contribution in [0, 0.1) is 0 Å². The van der Waals surface area contributed by atoms with Gasteiger partial charge in [-0.05, 0) is 109 Å². The van der Waals surface area contributed by atoms with Crippen LogP contribution in [0.1, 0.15) is 0 Å². The summed E-state index contributed by atoms with van der Waals surface area (Å²) in [5, 5.41) is 7.22.